The molecular weight excluding hydrogens is 346 g/mol. The molecule has 0 bridgehead atoms. The third-order valence-electron chi connectivity index (χ3n) is 4.36. The topological polar surface area (TPSA) is 73.9 Å². The number of benzene rings is 1. The SMILES string of the molecule is CCOC(=O)c1cc(NC(=O)[C@@](C)(CC(C)C)OC)ccc1O[C@H](C)CC. The van der Waals surface area contributed by atoms with Gasteiger partial charge in [-0.1, -0.05) is 20.8 Å². The van der Waals surface area contributed by atoms with Crippen LogP contribution in [0.15, 0.2) is 18.2 Å². The molecule has 0 heterocycles. The van der Waals surface area contributed by atoms with Crippen LogP contribution >= 0.6 is 0 Å². The highest BCUT2D eigenvalue weighted by molar-refractivity contribution is 5.99. The van der Waals surface area contributed by atoms with Crippen LogP contribution in [-0.2, 0) is 14.3 Å². The van der Waals surface area contributed by atoms with E-state index >= 15 is 0 Å². The summed E-state index contributed by atoms with van der Waals surface area (Å²) in [5.74, 6) is -0.00716. The average Bonchev–Trinajstić information content (AvgIpc) is 2.62. The number of carbonyl (C=O) groups is 2. The van der Waals surface area contributed by atoms with Crippen molar-refractivity contribution in [3.63, 3.8) is 0 Å². The molecule has 0 aromatic heterocycles. The molecule has 0 aliphatic rings. The zero-order valence-electron chi connectivity index (χ0n) is 17.5. The molecular formula is C21H33NO5. The summed E-state index contributed by atoms with van der Waals surface area (Å²) < 4.78 is 16.4. The maximum absolute atomic E-state index is 12.7. The quantitative estimate of drug-likeness (QED) is 0.609. The van der Waals surface area contributed by atoms with Gasteiger partial charge in [-0.05, 0) is 57.7 Å². The van der Waals surface area contributed by atoms with E-state index in [0.29, 0.717) is 23.8 Å². The van der Waals surface area contributed by atoms with Crippen LogP contribution in [0.2, 0.25) is 0 Å². The molecule has 0 saturated heterocycles. The number of hydrogen-bond donors (Lipinski definition) is 1. The lowest BCUT2D eigenvalue weighted by atomic mass is 9.93. The first-order chi connectivity index (χ1) is 12.7. The molecule has 1 N–H and O–H groups in total. The minimum atomic E-state index is -0.954. The number of rotatable bonds is 10. The average molecular weight is 379 g/mol. The van der Waals surface area contributed by atoms with Crippen LogP contribution in [0.1, 0.15) is 64.7 Å². The minimum absolute atomic E-state index is 0.0403. The predicted molar refractivity (Wildman–Crippen MR) is 106 cm³/mol. The first kappa shape index (κ1) is 23.0. The molecule has 0 aliphatic carbocycles. The van der Waals surface area contributed by atoms with E-state index in [0.717, 1.165) is 6.42 Å². The fraction of sp³-hybridized carbons (Fsp3) is 0.619. The van der Waals surface area contributed by atoms with E-state index in [1.165, 1.54) is 7.11 Å². The molecule has 6 nitrogen and oxygen atoms in total. The molecule has 0 aliphatic heterocycles. The zero-order valence-corrected chi connectivity index (χ0v) is 17.5. The van der Waals surface area contributed by atoms with Crippen molar-refractivity contribution < 1.29 is 23.8 Å². The summed E-state index contributed by atoms with van der Waals surface area (Å²) in [6, 6.07) is 4.98. The molecule has 6 heteroatoms. The Hall–Kier alpha value is -2.08. The number of ether oxygens (including phenoxy) is 3. The second-order valence-electron chi connectivity index (χ2n) is 7.26. The molecule has 2 atom stereocenters. The Balaban J connectivity index is 3.13. The van der Waals surface area contributed by atoms with Gasteiger partial charge in [0.2, 0.25) is 0 Å². The highest BCUT2D eigenvalue weighted by Gasteiger charge is 2.34. The summed E-state index contributed by atoms with van der Waals surface area (Å²) in [6.07, 6.45) is 1.35. The molecule has 0 radical (unpaired) electrons. The van der Waals surface area contributed by atoms with Crippen molar-refractivity contribution in [2.45, 2.75) is 66.1 Å². The summed E-state index contributed by atoms with van der Waals surface area (Å²) in [4.78, 5) is 25.1. The highest BCUT2D eigenvalue weighted by atomic mass is 16.5. The summed E-state index contributed by atoms with van der Waals surface area (Å²) in [5.41, 5.74) is -0.172. The number of carbonyl (C=O) groups excluding carboxylic acids is 2. The van der Waals surface area contributed by atoms with Crippen LogP contribution in [0.3, 0.4) is 0 Å². The molecule has 1 aromatic rings. The minimum Gasteiger partial charge on any atom is -0.490 e. The van der Waals surface area contributed by atoms with E-state index in [2.05, 4.69) is 5.32 Å². The number of anilines is 1. The first-order valence-corrected chi connectivity index (χ1v) is 9.51. The van der Waals surface area contributed by atoms with Crippen molar-refractivity contribution in [1.82, 2.24) is 0 Å². The molecule has 1 amide bonds. The van der Waals surface area contributed by atoms with Crippen LogP contribution in [0.25, 0.3) is 0 Å². The second kappa shape index (κ2) is 10.3. The van der Waals surface area contributed by atoms with Crippen LogP contribution < -0.4 is 10.1 Å². The summed E-state index contributed by atoms with van der Waals surface area (Å²) in [5, 5.41) is 2.84. The van der Waals surface area contributed by atoms with Gasteiger partial charge in [0.25, 0.3) is 5.91 Å². The lowest BCUT2D eigenvalue weighted by molar-refractivity contribution is -0.137. The van der Waals surface area contributed by atoms with Crippen molar-refractivity contribution in [1.29, 1.82) is 0 Å². The van der Waals surface area contributed by atoms with Gasteiger partial charge < -0.3 is 19.5 Å². The van der Waals surface area contributed by atoms with Gasteiger partial charge in [-0.15, -0.1) is 0 Å². The molecule has 1 aromatic carbocycles. The molecule has 0 fully saturated rings. The summed E-state index contributed by atoms with van der Waals surface area (Å²) in [7, 11) is 1.52. The van der Waals surface area contributed by atoms with E-state index in [4.69, 9.17) is 14.2 Å². The van der Waals surface area contributed by atoms with E-state index in [-0.39, 0.29) is 24.2 Å². The monoisotopic (exact) mass is 379 g/mol. The maximum Gasteiger partial charge on any atom is 0.341 e. The number of methoxy groups -OCH3 is 1. The van der Waals surface area contributed by atoms with Gasteiger partial charge in [-0.2, -0.15) is 0 Å². The standard InChI is InChI=1S/C21H33NO5/c1-8-15(5)27-18-11-10-16(12-17(18)19(23)26-9-2)22-20(24)21(6,25-7)13-14(3)4/h10-12,14-15H,8-9,13H2,1-7H3,(H,22,24)/t15-,21-/m1/s1. The van der Waals surface area contributed by atoms with Crippen LogP contribution in [0, 0.1) is 5.92 Å². The fourth-order valence-electron chi connectivity index (χ4n) is 2.69. The first-order valence-electron chi connectivity index (χ1n) is 9.51. The van der Waals surface area contributed by atoms with Crippen LogP contribution in [-0.4, -0.2) is 37.3 Å². The second-order valence-corrected chi connectivity index (χ2v) is 7.26. The Bertz CT molecular complexity index is 643. The normalized spacial score (nSPS) is 14.4. The smallest absolute Gasteiger partial charge is 0.341 e. The van der Waals surface area contributed by atoms with Gasteiger partial charge in [-0.3, -0.25) is 4.79 Å². The fourth-order valence-corrected chi connectivity index (χ4v) is 2.69. The Labute approximate surface area is 162 Å². The van der Waals surface area contributed by atoms with Crippen LogP contribution in [0.4, 0.5) is 5.69 Å². The van der Waals surface area contributed by atoms with Crippen molar-refractivity contribution in [3.05, 3.63) is 23.8 Å². The van der Waals surface area contributed by atoms with E-state index in [1.54, 1.807) is 32.0 Å². The van der Waals surface area contributed by atoms with E-state index in [9.17, 15) is 9.59 Å². The van der Waals surface area contributed by atoms with Gasteiger partial charge in [0, 0.05) is 12.8 Å². The lowest BCUT2D eigenvalue weighted by Gasteiger charge is -2.28. The summed E-state index contributed by atoms with van der Waals surface area (Å²) >= 11 is 0. The molecule has 0 unspecified atom stereocenters. The van der Waals surface area contributed by atoms with Gasteiger partial charge >= 0.3 is 5.97 Å². The molecule has 0 saturated carbocycles. The number of amides is 1. The maximum atomic E-state index is 12.7. The summed E-state index contributed by atoms with van der Waals surface area (Å²) in [6.45, 7) is 11.8. The third kappa shape index (κ3) is 6.54. The van der Waals surface area contributed by atoms with Gasteiger partial charge in [0.1, 0.15) is 16.9 Å². The van der Waals surface area contributed by atoms with Gasteiger partial charge in [0.05, 0.1) is 12.7 Å². The lowest BCUT2D eigenvalue weighted by Crippen LogP contribution is -2.43. The Morgan fingerprint density at radius 3 is 2.37 bits per heavy atom. The third-order valence-corrected chi connectivity index (χ3v) is 4.36. The largest absolute Gasteiger partial charge is 0.490 e. The van der Waals surface area contributed by atoms with Gasteiger partial charge in [0.15, 0.2) is 0 Å². The zero-order chi connectivity index (χ0) is 20.6. The van der Waals surface area contributed by atoms with E-state index in [1.807, 2.05) is 27.7 Å². The highest BCUT2D eigenvalue weighted by Crippen LogP contribution is 2.27. The predicted octanol–water partition coefficient (Wildman–Crippen LogP) is 4.43. The Kier molecular flexibility index (Phi) is 8.76. The number of nitrogens with one attached hydrogen (secondary N) is 1. The van der Waals surface area contributed by atoms with E-state index < -0.39 is 11.6 Å². The van der Waals surface area contributed by atoms with Crippen molar-refractivity contribution in [2.24, 2.45) is 5.92 Å². The van der Waals surface area contributed by atoms with Crippen molar-refractivity contribution in [3.8, 4) is 5.75 Å². The number of hydrogen-bond acceptors (Lipinski definition) is 5. The van der Waals surface area contributed by atoms with Gasteiger partial charge in [-0.25, -0.2) is 4.79 Å². The molecule has 0 spiro atoms. The van der Waals surface area contributed by atoms with Crippen molar-refractivity contribution in [2.75, 3.05) is 19.0 Å². The Morgan fingerprint density at radius 2 is 1.85 bits per heavy atom. The molecule has 27 heavy (non-hydrogen) atoms. The molecule has 152 valence electrons. The van der Waals surface area contributed by atoms with Crippen LogP contribution in [0.5, 0.6) is 5.75 Å². The number of esters is 1. The molecule has 1 rings (SSSR count). The van der Waals surface area contributed by atoms with Crippen molar-refractivity contribution >= 4 is 17.6 Å². The Morgan fingerprint density at radius 1 is 1.19 bits per heavy atom.